The van der Waals surface area contributed by atoms with Crippen molar-refractivity contribution in [1.82, 2.24) is 24.6 Å². The first kappa shape index (κ1) is 28.3. The second-order valence-electron chi connectivity index (χ2n) is 13.2. The maximum Gasteiger partial charge on any atom is 0.407 e. The lowest BCUT2D eigenvalue weighted by atomic mass is 9.72. The molecule has 0 saturated carbocycles. The molecule has 4 fully saturated rings. The molecule has 3 N–H and O–H groups in total. The monoisotopic (exact) mass is 576 g/mol. The molecule has 4 saturated heterocycles. The van der Waals surface area contributed by atoms with Gasteiger partial charge >= 0.3 is 6.09 Å². The fraction of sp³-hybridized carbons (Fsp3) is 0.548. The quantitative estimate of drug-likeness (QED) is 0.402. The largest absolute Gasteiger partial charge is 0.465 e. The number of hydrogen-bond acceptors (Lipinski definition) is 6. The number of amides is 2. The fourth-order valence-corrected chi connectivity index (χ4v) is 7.06. The first-order valence-electron chi connectivity index (χ1n) is 14.8. The summed E-state index contributed by atoms with van der Waals surface area (Å²) < 4.78 is 7.63. The Balaban J connectivity index is 1.34. The van der Waals surface area contributed by atoms with Crippen LogP contribution in [0.25, 0.3) is 10.9 Å². The Kier molecular flexibility index (Phi) is 6.83. The summed E-state index contributed by atoms with van der Waals surface area (Å²) in [5.41, 5.74) is 1.91. The second-order valence-corrected chi connectivity index (χ2v) is 13.2. The van der Waals surface area contributed by atoms with Crippen LogP contribution in [0.1, 0.15) is 69.3 Å². The highest BCUT2D eigenvalue weighted by Gasteiger charge is 2.47. The van der Waals surface area contributed by atoms with Gasteiger partial charge in [0.1, 0.15) is 5.39 Å². The third-order valence-electron chi connectivity index (χ3n) is 9.49. The van der Waals surface area contributed by atoms with E-state index in [9.17, 15) is 19.5 Å². The number of fused-ring (bicyclic) bond motifs is 3. The van der Waals surface area contributed by atoms with Crippen LogP contribution >= 0.6 is 0 Å². The van der Waals surface area contributed by atoms with Gasteiger partial charge in [-0.2, -0.15) is 5.10 Å². The second kappa shape index (κ2) is 10.1. The average molecular weight is 577 g/mol. The van der Waals surface area contributed by atoms with E-state index >= 15 is 0 Å². The Morgan fingerprint density at radius 2 is 1.93 bits per heavy atom. The van der Waals surface area contributed by atoms with Crippen molar-refractivity contribution >= 4 is 34.4 Å². The first-order valence-corrected chi connectivity index (χ1v) is 14.8. The molecule has 1 aromatic carbocycles. The maximum atomic E-state index is 13.2. The summed E-state index contributed by atoms with van der Waals surface area (Å²) in [7, 11) is 0. The highest BCUT2D eigenvalue weighted by atomic mass is 16.5. The summed E-state index contributed by atoms with van der Waals surface area (Å²) in [4.78, 5) is 44.7. The van der Waals surface area contributed by atoms with Crippen LogP contribution in [0.3, 0.4) is 0 Å². The number of anilines is 2. The summed E-state index contributed by atoms with van der Waals surface area (Å²) in [6, 6.07) is 7.23. The molecule has 2 bridgehead atoms. The van der Waals surface area contributed by atoms with Gasteiger partial charge in [-0.3, -0.25) is 14.3 Å². The molecule has 0 radical (unpaired) electrons. The average Bonchev–Trinajstić information content (AvgIpc) is 3.31. The van der Waals surface area contributed by atoms with Gasteiger partial charge < -0.3 is 29.9 Å². The van der Waals surface area contributed by atoms with Gasteiger partial charge in [0.2, 0.25) is 0 Å². The molecule has 2 amide bonds. The maximum absolute atomic E-state index is 13.2. The van der Waals surface area contributed by atoms with E-state index < -0.39 is 11.6 Å². The van der Waals surface area contributed by atoms with Crippen LogP contribution in [0.5, 0.6) is 0 Å². The van der Waals surface area contributed by atoms with E-state index in [0.717, 1.165) is 24.1 Å². The first-order chi connectivity index (χ1) is 19.9. The molecular formula is C31H40N6O5. The highest BCUT2D eigenvalue weighted by Crippen LogP contribution is 2.44. The molecule has 42 heavy (non-hydrogen) atoms. The molecule has 3 aromatic rings. The van der Waals surface area contributed by atoms with E-state index in [1.807, 2.05) is 40.8 Å². The molecule has 4 aliphatic rings. The van der Waals surface area contributed by atoms with Crippen molar-refractivity contribution < 1.29 is 19.4 Å². The van der Waals surface area contributed by atoms with Crippen molar-refractivity contribution in [3.63, 3.8) is 0 Å². The molecule has 6 heterocycles. The SMILES string of the molecule is CCC1(n2nc(Nc3ccc(C(=O)N4C[C@H]5C[C@@H](C4)O5)c(C)c3)c3c(=O)[nH]ccc32)CCN(C(=O)O)C(C(C)(C)C)C1. The third-order valence-corrected chi connectivity index (χ3v) is 9.49. The number of morpholine rings is 1. The lowest BCUT2D eigenvalue weighted by Crippen LogP contribution is -2.58. The third kappa shape index (κ3) is 4.73. The van der Waals surface area contributed by atoms with Crippen LogP contribution < -0.4 is 10.9 Å². The number of benzene rings is 1. The lowest BCUT2D eigenvalue weighted by molar-refractivity contribution is -0.171. The van der Waals surface area contributed by atoms with E-state index in [-0.39, 0.29) is 35.1 Å². The van der Waals surface area contributed by atoms with Gasteiger partial charge in [-0.15, -0.1) is 0 Å². The molecule has 2 unspecified atom stereocenters. The Morgan fingerprint density at radius 1 is 1.21 bits per heavy atom. The zero-order chi connectivity index (χ0) is 30.0. The number of aryl methyl sites for hydroxylation is 1. The normalized spacial score (nSPS) is 25.8. The molecular weight excluding hydrogens is 536 g/mol. The Bertz CT molecular complexity index is 1590. The fourth-order valence-electron chi connectivity index (χ4n) is 7.06. The summed E-state index contributed by atoms with van der Waals surface area (Å²) in [5, 5.41) is 18.8. The Morgan fingerprint density at radius 3 is 2.55 bits per heavy atom. The number of nitrogens with one attached hydrogen (secondary N) is 2. The van der Waals surface area contributed by atoms with Crippen LogP contribution in [-0.4, -0.2) is 79.6 Å². The molecule has 224 valence electrons. The van der Waals surface area contributed by atoms with Crippen LogP contribution in [-0.2, 0) is 10.3 Å². The zero-order valence-electron chi connectivity index (χ0n) is 24.9. The highest BCUT2D eigenvalue weighted by molar-refractivity contribution is 5.97. The number of aromatic amines is 1. The summed E-state index contributed by atoms with van der Waals surface area (Å²) >= 11 is 0. The number of H-pyrrole nitrogens is 1. The van der Waals surface area contributed by atoms with E-state index in [1.54, 1.807) is 11.1 Å². The topological polar surface area (TPSA) is 133 Å². The van der Waals surface area contributed by atoms with E-state index in [1.165, 1.54) is 0 Å². The standard InChI is InChI=1S/C31H40N6O5/c1-6-31(10-12-36(29(40)41)24(15-31)30(3,4)5)37-23-9-11-32-27(38)25(23)26(34-37)33-19-7-8-22(18(2)13-19)28(39)35-16-20-14-21(17-35)42-20/h7-9,11,13,20-21,24H,6,10,12,14-17H2,1-5H3,(H,32,38)(H,33,34)(H,40,41)/t20-,21+,24?,31?. The predicted molar refractivity (Wildman–Crippen MR) is 159 cm³/mol. The number of carbonyl (C=O) groups excluding carboxylic acids is 1. The predicted octanol–water partition coefficient (Wildman–Crippen LogP) is 4.68. The number of rotatable bonds is 5. The van der Waals surface area contributed by atoms with E-state index in [0.29, 0.717) is 54.8 Å². The number of pyridine rings is 1. The van der Waals surface area contributed by atoms with Gasteiger partial charge in [0.25, 0.3) is 11.5 Å². The van der Waals surface area contributed by atoms with Crippen LogP contribution in [0.2, 0.25) is 0 Å². The molecule has 0 spiro atoms. The molecule has 4 atom stereocenters. The molecule has 0 aliphatic carbocycles. The summed E-state index contributed by atoms with van der Waals surface area (Å²) in [6.45, 7) is 11.8. The zero-order valence-corrected chi connectivity index (χ0v) is 24.9. The number of aromatic nitrogens is 3. The number of likely N-dealkylation sites (tertiary alicyclic amines) is 1. The minimum absolute atomic E-state index is 0.00853. The molecule has 11 heteroatoms. The van der Waals surface area contributed by atoms with Crippen LogP contribution in [0, 0.1) is 12.3 Å². The van der Waals surface area contributed by atoms with Gasteiger partial charge in [-0.25, -0.2) is 4.79 Å². The molecule has 11 nitrogen and oxygen atoms in total. The van der Waals surface area contributed by atoms with Crippen molar-refractivity contribution in [2.24, 2.45) is 5.41 Å². The minimum Gasteiger partial charge on any atom is -0.465 e. The number of carboxylic acid groups (broad SMARTS) is 1. The van der Waals surface area contributed by atoms with Gasteiger partial charge in [-0.1, -0.05) is 27.7 Å². The summed E-state index contributed by atoms with van der Waals surface area (Å²) in [5.74, 6) is 0.439. The van der Waals surface area contributed by atoms with Crippen molar-refractivity contribution in [1.29, 1.82) is 0 Å². The summed E-state index contributed by atoms with van der Waals surface area (Å²) in [6.07, 6.45) is 3.95. The van der Waals surface area contributed by atoms with E-state index in [4.69, 9.17) is 9.84 Å². The van der Waals surface area contributed by atoms with Crippen molar-refractivity contribution in [2.45, 2.75) is 84.1 Å². The van der Waals surface area contributed by atoms with Gasteiger partial charge in [0.05, 0.1) is 23.3 Å². The van der Waals surface area contributed by atoms with Gasteiger partial charge in [-0.05, 0) is 61.4 Å². The van der Waals surface area contributed by atoms with Crippen LogP contribution in [0.15, 0.2) is 35.3 Å². The Hall–Kier alpha value is -3.86. The molecule has 2 aromatic heterocycles. The van der Waals surface area contributed by atoms with Crippen LogP contribution in [0.4, 0.5) is 16.3 Å². The number of ether oxygens (including phenoxy) is 1. The molecule has 4 aliphatic heterocycles. The van der Waals surface area contributed by atoms with E-state index in [2.05, 4.69) is 38.0 Å². The molecule has 7 rings (SSSR count). The van der Waals surface area contributed by atoms with Crippen molar-refractivity contribution in [3.8, 4) is 0 Å². The number of piperidine rings is 2. The smallest absolute Gasteiger partial charge is 0.407 e. The number of nitrogens with zero attached hydrogens (tertiary/aromatic N) is 4. The van der Waals surface area contributed by atoms with Gasteiger partial charge in [0, 0.05) is 49.5 Å². The number of carbonyl (C=O) groups is 2. The van der Waals surface area contributed by atoms with Gasteiger partial charge in [0.15, 0.2) is 5.82 Å². The van der Waals surface area contributed by atoms with Crippen molar-refractivity contribution in [3.05, 3.63) is 51.9 Å². The lowest BCUT2D eigenvalue weighted by Gasteiger charge is -2.50. The number of hydrogen-bond donors (Lipinski definition) is 3. The van der Waals surface area contributed by atoms with Crippen molar-refractivity contribution in [2.75, 3.05) is 25.0 Å². The minimum atomic E-state index is -0.911. The Labute approximate surface area is 244 Å².